The normalized spacial score (nSPS) is 33.7. The van der Waals surface area contributed by atoms with Crippen LogP contribution >= 0.6 is 15.9 Å². The Kier molecular flexibility index (Phi) is 3.03. The molecule has 0 bridgehead atoms. The smallest absolute Gasteiger partial charge is 0.0569 e. The van der Waals surface area contributed by atoms with Gasteiger partial charge in [-0.2, -0.15) is 0 Å². The molecular weight excluding hydrogens is 302 g/mol. The molecule has 0 spiro atoms. The van der Waals surface area contributed by atoms with E-state index >= 15 is 0 Å². The number of likely N-dealkylation sites (tertiary alicyclic amines) is 1. The Morgan fingerprint density at radius 2 is 2.05 bits per heavy atom. The number of halogens is 1. The van der Waals surface area contributed by atoms with Crippen LogP contribution < -0.4 is 4.90 Å². The summed E-state index contributed by atoms with van der Waals surface area (Å²) < 4.78 is 1.09. The first-order valence-corrected chi connectivity index (χ1v) is 8.22. The monoisotopic (exact) mass is 321 g/mol. The number of piperidine rings is 1. The van der Waals surface area contributed by atoms with Gasteiger partial charge in [-0.25, -0.2) is 0 Å². The molecule has 4 rings (SSSR count). The average Bonchev–Trinajstić information content (AvgIpc) is 2.85. The fourth-order valence-corrected chi connectivity index (χ4v) is 4.28. The highest BCUT2D eigenvalue weighted by molar-refractivity contribution is 9.10. The van der Waals surface area contributed by atoms with E-state index in [1.54, 1.807) is 0 Å². The Hall–Kier alpha value is -0.610. The maximum atomic E-state index is 4.35. The molecule has 1 aromatic heterocycles. The highest BCUT2D eigenvalue weighted by Crippen LogP contribution is 2.50. The number of anilines is 1. The molecular formula is C15H20BrN3. The van der Waals surface area contributed by atoms with E-state index in [9.17, 15) is 0 Å². The highest BCUT2D eigenvalue weighted by Gasteiger charge is 2.52. The zero-order valence-electron chi connectivity index (χ0n) is 11.1. The molecule has 3 heterocycles. The molecule has 0 N–H and O–H groups in total. The summed E-state index contributed by atoms with van der Waals surface area (Å²) in [7, 11) is 0. The summed E-state index contributed by atoms with van der Waals surface area (Å²) in [6, 6.07) is 3.73. The van der Waals surface area contributed by atoms with Crippen molar-refractivity contribution in [1.82, 2.24) is 9.88 Å². The predicted octanol–water partition coefficient (Wildman–Crippen LogP) is 2.91. The summed E-state index contributed by atoms with van der Waals surface area (Å²) in [5, 5.41) is 0. The van der Waals surface area contributed by atoms with Gasteiger partial charge in [-0.05, 0) is 66.7 Å². The van der Waals surface area contributed by atoms with Gasteiger partial charge in [0, 0.05) is 29.3 Å². The van der Waals surface area contributed by atoms with Gasteiger partial charge in [0.25, 0.3) is 0 Å². The number of hydrogen-bond acceptors (Lipinski definition) is 3. The maximum absolute atomic E-state index is 4.35. The number of aromatic nitrogens is 1. The lowest BCUT2D eigenvalue weighted by molar-refractivity contribution is 0.307. The van der Waals surface area contributed by atoms with Gasteiger partial charge >= 0.3 is 0 Å². The Labute approximate surface area is 123 Å². The van der Waals surface area contributed by atoms with E-state index in [1.807, 2.05) is 12.4 Å². The van der Waals surface area contributed by atoms with Crippen LogP contribution in [-0.4, -0.2) is 41.6 Å². The van der Waals surface area contributed by atoms with Crippen molar-refractivity contribution in [1.29, 1.82) is 0 Å². The van der Waals surface area contributed by atoms with Gasteiger partial charge < -0.3 is 9.80 Å². The van der Waals surface area contributed by atoms with E-state index < -0.39 is 0 Å². The zero-order valence-corrected chi connectivity index (χ0v) is 12.7. The quantitative estimate of drug-likeness (QED) is 0.853. The first-order chi connectivity index (χ1) is 9.31. The number of nitrogens with zero attached hydrogens (tertiary/aromatic N) is 3. The van der Waals surface area contributed by atoms with E-state index in [0.29, 0.717) is 6.04 Å². The molecule has 1 saturated carbocycles. The molecule has 0 amide bonds. The Morgan fingerprint density at radius 3 is 2.84 bits per heavy atom. The van der Waals surface area contributed by atoms with Crippen LogP contribution in [0.1, 0.15) is 25.7 Å². The number of hydrogen-bond donors (Lipinski definition) is 0. The largest absolute Gasteiger partial charge is 0.363 e. The van der Waals surface area contributed by atoms with Crippen LogP contribution in [-0.2, 0) is 0 Å². The summed E-state index contributed by atoms with van der Waals surface area (Å²) >= 11 is 3.55. The molecule has 3 fully saturated rings. The summed E-state index contributed by atoms with van der Waals surface area (Å²) in [4.78, 5) is 9.65. The lowest BCUT2D eigenvalue weighted by atomic mass is 10.1. The Morgan fingerprint density at radius 1 is 1.21 bits per heavy atom. The minimum atomic E-state index is 0.706. The molecule has 2 aliphatic heterocycles. The SMILES string of the molecule is Brc1cncc(N2C(CN3CCCC3)CC3CC32)c1. The van der Waals surface area contributed by atoms with Gasteiger partial charge in [-0.15, -0.1) is 0 Å². The molecule has 102 valence electrons. The fraction of sp³-hybridized carbons (Fsp3) is 0.667. The standard InChI is InChI=1S/C15H20BrN3/c16-12-7-13(9-17-8-12)19-14(5-11-6-15(11)19)10-18-3-1-2-4-18/h7-9,11,14-15H,1-6,10H2. The molecule has 1 aliphatic carbocycles. The third kappa shape index (κ3) is 2.29. The van der Waals surface area contributed by atoms with E-state index in [4.69, 9.17) is 0 Å². The van der Waals surface area contributed by atoms with E-state index in [-0.39, 0.29) is 0 Å². The topological polar surface area (TPSA) is 19.4 Å². The Bertz CT molecular complexity index is 472. The van der Waals surface area contributed by atoms with Gasteiger partial charge in [0.2, 0.25) is 0 Å². The van der Waals surface area contributed by atoms with Crippen molar-refractivity contribution in [3.05, 3.63) is 22.9 Å². The Balaban J connectivity index is 1.54. The van der Waals surface area contributed by atoms with Crippen LogP contribution in [0.3, 0.4) is 0 Å². The minimum Gasteiger partial charge on any atom is -0.363 e. The third-order valence-corrected chi connectivity index (χ3v) is 5.30. The van der Waals surface area contributed by atoms with Gasteiger partial charge in [0.05, 0.1) is 11.9 Å². The van der Waals surface area contributed by atoms with Gasteiger partial charge in [-0.3, -0.25) is 4.98 Å². The molecule has 0 radical (unpaired) electrons. The minimum absolute atomic E-state index is 0.706. The molecule has 2 saturated heterocycles. The van der Waals surface area contributed by atoms with Crippen molar-refractivity contribution in [3.63, 3.8) is 0 Å². The summed E-state index contributed by atoms with van der Waals surface area (Å²) in [5.74, 6) is 0.951. The zero-order chi connectivity index (χ0) is 12.8. The van der Waals surface area contributed by atoms with Gasteiger partial charge in [0.15, 0.2) is 0 Å². The lowest BCUT2D eigenvalue weighted by Gasteiger charge is -2.32. The van der Waals surface area contributed by atoms with Crippen LogP contribution in [0.5, 0.6) is 0 Å². The maximum Gasteiger partial charge on any atom is 0.0569 e. The molecule has 3 nitrogen and oxygen atoms in total. The number of pyridine rings is 1. The third-order valence-electron chi connectivity index (χ3n) is 4.87. The molecule has 0 aromatic carbocycles. The summed E-state index contributed by atoms with van der Waals surface area (Å²) in [6.45, 7) is 3.85. The van der Waals surface area contributed by atoms with Crippen LogP contribution in [0.15, 0.2) is 22.9 Å². The average molecular weight is 322 g/mol. The first kappa shape index (κ1) is 12.2. The summed E-state index contributed by atoms with van der Waals surface area (Å²) in [6.07, 6.45) is 9.45. The van der Waals surface area contributed by atoms with Crippen LogP contribution in [0.4, 0.5) is 5.69 Å². The predicted molar refractivity (Wildman–Crippen MR) is 80.4 cm³/mol. The lowest BCUT2D eigenvalue weighted by Crippen LogP contribution is -2.41. The van der Waals surface area contributed by atoms with Gasteiger partial charge in [-0.1, -0.05) is 0 Å². The van der Waals surface area contributed by atoms with E-state index in [2.05, 4.69) is 36.8 Å². The van der Waals surface area contributed by atoms with Crippen molar-refractivity contribution >= 4 is 21.6 Å². The van der Waals surface area contributed by atoms with Crippen molar-refractivity contribution in [3.8, 4) is 0 Å². The second-order valence-corrected chi connectivity index (χ2v) is 7.14. The second-order valence-electron chi connectivity index (χ2n) is 6.23. The number of rotatable bonds is 3. The van der Waals surface area contributed by atoms with Crippen LogP contribution in [0, 0.1) is 5.92 Å². The summed E-state index contributed by atoms with van der Waals surface area (Å²) in [5.41, 5.74) is 1.31. The van der Waals surface area contributed by atoms with Crippen molar-refractivity contribution in [2.45, 2.75) is 37.8 Å². The second kappa shape index (κ2) is 4.74. The molecule has 4 heteroatoms. The molecule has 19 heavy (non-hydrogen) atoms. The fourth-order valence-electron chi connectivity index (χ4n) is 3.93. The number of fused-ring (bicyclic) bond motifs is 1. The molecule has 3 unspecified atom stereocenters. The first-order valence-electron chi connectivity index (χ1n) is 7.42. The molecule has 1 aromatic rings. The van der Waals surface area contributed by atoms with Crippen molar-refractivity contribution in [2.24, 2.45) is 5.92 Å². The molecule has 3 atom stereocenters. The van der Waals surface area contributed by atoms with Crippen molar-refractivity contribution in [2.75, 3.05) is 24.5 Å². The highest BCUT2D eigenvalue weighted by atomic mass is 79.9. The molecule has 3 aliphatic rings. The van der Waals surface area contributed by atoms with Crippen LogP contribution in [0.25, 0.3) is 0 Å². The van der Waals surface area contributed by atoms with Crippen LogP contribution in [0.2, 0.25) is 0 Å². The van der Waals surface area contributed by atoms with Gasteiger partial charge in [0.1, 0.15) is 0 Å². The van der Waals surface area contributed by atoms with E-state index in [1.165, 1.54) is 51.0 Å². The van der Waals surface area contributed by atoms with E-state index in [0.717, 1.165) is 16.4 Å². The van der Waals surface area contributed by atoms with Crippen molar-refractivity contribution < 1.29 is 0 Å².